The molecule has 0 amide bonds. The summed E-state index contributed by atoms with van der Waals surface area (Å²) < 4.78 is 4.94. The predicted molar refractivity (Wildman–Crippen MR) is 46.7 cm³/mol. The van der Waals surface area contributed by atoms with Crippen LogP contribution < -0.4 is 0 Å². The summed E-state index contributed by atoms with van der Waals surface area (Å²) in [5.74, 6) is -0.125. The third-order valence-electron chi connectivity index (χ3n) is 1.74. The Morgan fingerprint density at radius 2 is 2.23 bits per heavy atom. The number of aryl methyl sites for hydroxylation is 1. The average molecular weight is 183 g/mol. The molecule has 0 atom stereocenters. The topological polar surface area (TPSA) is 63.3 Å². The van der Waals surface area contributed by atoms with Crippen LogP contribution in [0.2, 0.25) is 0 Å². The van der Waals surface area contributed by atoms with Gasteiger partial charge in [0.1, 0.15) is 5.56 Å². The Hall–Kier alpha value is -1.32. The molecule has 4 heteroatoms. The number of carboxylic acids is 1. The number of hydrogen-bond acceptors (Lipinski definition) is 3. The SMILES string of the molecule is Cc1noc(CC(C)C)c1C(=O)O. The van der Waals surface area contributed by atoms with E-state index in [1.54, 1.807) is 6.92 Å². The molecule has 13 heavy (non-hydrogen) atoms. The normalized spacial score (nSPS) is 10.8. The molecule has 1 N–H and O–H groups in total. The van der Waals surface area contributed by atoms with E-state index in [2.05, 4.69) is 5.16 Å². The van der Waals surface area contributed by atoms with E-state index in [4.69, 9.17) is 9.63 Å². The highest BCUT2D eigenvalue weighted by Gasteiger charge is 2.19. The fraction of sp³-hybridized carbons (Fsp3) is 0.556. The van der Waals surface area contributed by atoms with Crippen molar-refractivity contribution in [3.63, 3.8) is 0 Å². The third-order valence-corrected chi connectivity index (χ3v) is 1.74. The minimum Gasteiger partial charge on any atom is -0.477 e. The van der Waals surface area contributed by atoms with Gasteiger partial charge in [0.05, 0.1) is 5.69 Å². The van der Waals surface area contributed by atoms with Crippen LogP contribution in [0.1, 0.15) is 35.7 Å². The van der Waals surface area contributed by atoms with Crippen molar-refractivity contribution in [2.45, 2.75) is 27.2 Å². The number of nitrogens with zero attached hydrogens (tertiary/aromatic N) is 1. The Morgan fingerprint density at radius 1 is 1.62 bits per heavy atom. The second-order valence-electron chi connectivity index (χ2n) is 3.47. The lowest BCUT2D eigenvalue weighted by Gasteiger charge is -2.00. The number of carboxylic acid groups (broad SMARTS) is 1. The van der Waals surface area contributed by atoms with Gasteiger partial charge in [-0.25, -0.2) is 4.79 Å². The first-order chi connectivity index (χ1) is 6.02. The second-order valence-corrected chi connectivity index (χ2v) is 3.47. The molecule has 0 unspecified atom stereocenters. The first kappa shape index (κ1) is 9.77. The van der Waals surface area contributed by atoms with Crippen LogP contribution in [0.4, 0.5) is 0 Å². The summed E-state index contributed by atoms with van der Waals surface area (Å²) in [4.78, 5) is 10.8. The summed E-state index contributed by atoms with van der Waals surface area (Å²) in [7, 11) is 0. The number of hydrogen-bond donors (Lipinski definition) is 1. The maximum atomic E-state index is 10.8. The van der Waals surface area contributed by atoms with Gasteiger partial charge >= 0.3 is 5.97 Å². The molecule has 1 aromatic heterocycles. The van der Waals surface area contributed by atoms with Crippen LogP contribution in [0.15, 0.2) is 4.52 Å². The second kappa shape index (κ2) is 3.60. The van der Waals surface area contributed by atoms with Gasteiger partial charge in [-0.15, -0.1) is 0 Å². The Kier molecular flexibility index (Phi) is 2.70. The molecule has 72 valence electrons. The lowest BCUT2D eigenvalue weighted by atomic mass is 10.0. The van der Waals surface area contributed by atoms with Gasteiger partial charge in [0.25, 0.3) is 0 Å². The van der Waals surface area contributed by atoms with Gasteiger partial charge in [-0.1, -0.05) is 19.0 Å². The molecule has 0 bridgehead atoms. The first-order valence-electron chi connectivity index (χ1n) is 4.20. The van der Waals surface area contributed by atoms with E-state index >= 15 is 0 Å². The summed E-state index contributed by atoms with van der Waals surface area (Å²) >= 11 is 0. The average Bonchev–Trinajstić information content (AvgIpc) is 2.30. The monoisotopic (exact) mass is 183 g/mol. The van der Waals surface area contributed by atoms with E-state index in [1.165, 1.54) is 0 Å². The van der Waals surface area contributed by atoms with Crippen molar-refractivity contribution in [1.29, 1.82) is 0 Å². The highest BCUT2D eigenvalue weighted by atomic mass is 16.5. The van der Waals surface area contributed by atoms with Crippen LogP contribution >= 0.6 is 0 Å². The van der Waals surface area contributed by atoms with Crippen LogP contribution in [0.25, 0.3) is 0 Å². The highest BCUT2D eigenvalue weighted by Crippen LogP contribution is 2.16. The molecule has 1 rings (SSSR count). The smallest absolute Gasteiger partial charge is 0.341 e. The molecule has 1 heterocycles. The van der Waals surface area contributed by atoms with E-state index < -0.39 is 5.97 Å². The van der Waals surface area contributed by atoms with Crippen molar-refractivity contribution >= 4 is 5.97 Å². The molecule has 0 saturated heterocycles. The summed E-state index contributed by atoms with van der Waals surface area (Å²) in [6.07, 6.45) is 0.614. The minimum atomic E-state index is -0.964. The van der Waals surface area contributed by atoms with Gasteiger partial charge in [0.2, 0.25) is 0 Å². The summed E-state index contributed by atoms with van der Waals surface area (Å²) in [6.45, 7) is 5.64. The van der Waals surface area contributed by atoms with E-state index in [0.717, 1.165) is 0 Å². The zero-order valence-corrected chi connectivity index (χ0v) is 8.00. The Balaban J connectivity index is 3.00. The fourth-order valence-electron chi connectivity index (χ4n) is 1.20. The van der Waals surface area contributed by atoms with Gasteiger partial charge in [0, 0.05) is 6.42 Å². The van der Waals surface area contributed by atoms with Crippen LogP contribution in [0, 0.1) is 12.8 Å². The van der Waals surface area contributed by atoms with Crippen LogP contribution in [0.3, 0.4) is 0 Å². The fourth-order valence-corrected chi connectivity index (χ4v) is 1.20. The van der Waals surface area contributed by atoms with Gasteiger partial charge in [-0.3, -0.25) is 0 Å². The highest BCUT2D eigenvalue weighted by molar-refractivity contribution is 5.89. The maximum absolute atomic E-state index is 10.8. The van der Waals surface area contributed by atoms with Crippen LogP contribution in [-0.2, 0) is 6.42 Å². The number of aromatic carboxylic acids is 1. The standard InChI is InChI=1S/C9H13NO3/c1-5(2)4-7-8(9(11)12)6(3)10-13-7/h5H,4H2,1-3H3,(H,11,12). The first-order valence-corrected chi connectivity index (χ1v) is 4.20. The zero-order valence-electron chi connectivity index (χ0n) is 8.00. The van der Waals surface area contributed by atoms with Crippen molar-refractivity contribution in [1.82, 2.24) is 5.16 Å². The Bertz CT molecular complexity index is 315. The third kappa shape index (κ3) is 2.08. The molecular weight excluding hydrogens is 170 g/mol. The Morgan fingerprint density at radius 3 is 2.69 bits per heavy atom. The molecular formula is C9H13NO3. The van der Waals surface area contributed by atoms with E-state index in [-0.39, 0.29) is 5.56 Å². The van der Waals surface area contributed by atoms with Gasteiger partial charge < -0.3 is 9.63 Å². The minimum absolute atomic E-state index is 0.216. The molecule has 1 aromatic rings. The zero-order chi connectivity index (χ0) is 10.0. The summed E-state index contributed by atoms with van der Waals surface area (Å²) in [5.41, 5.74) is 0.664. The molecule has 0 aromatic carbocycles. The van der Waals surface area contributed by atoms with Gasteiger partial charge in [-0.05, 0) is 12.8 Å². The lowest BCUT2D eigenvalue weighted by molar-refractivity contribution is 0.0693. The van der Waals surface area contributed by atoms with Crippen molar-refractivity contribution < 1.29 is 14.4 Å². The summed E-state index contributed by atoms with van der Waals surface area (Å²) in [6, 6.07) is 0. The van der Waals surface area contributed by atoms with Crippen molar-refractivity contribution in [2.75, 3.05) is 0 Å². The van der Waals surface area contributed by atoms with E-state index in [9.17, 15) is 4.79 Å². The Labute approximate surface area is 76.5 Å². The molecule has 0 spiro atoms. The van der Waals surface area contributed by atoms with Crippen molar-refractivity contribution in [3.8, 4) is 0 Å². The van der Waals surface area contributed by atoms with Gasteiger partial charge in [0.15, 0.2) is 5.76 Å². The molecule has 0 radical (unpaired) electrons. The molecule has 0 aliphatic rings. The maximum Gasteiger partial charge on any atom is 0.341 e. The largest absolute Gasteiger partial charge is 0.477 e. The van der Waals surface area contributed by atoms with Crippen molar-refractivity contribution in [3.05, 3.63) is 17.0 Å². The number of rotatable bonds is 3. The van der Waals surface area contributed by atoms with Crippen LogP contribution in [-0.4, -0.2) is 16.2 Å². The molecule has 0 aliphatic carbocycles. The van der Waals surface area contributed by atoms with Crippen molar-refractivity contribution in [2.24, 2.45) is 5.92 Å². The predicted octanol–water partition coefficient (Wildman–Crippen LogP) is 1.88. The summed E-state index contributed by atoms with van der Waals surface area (Å²) in [5, 5.41) is 12.5. The lowest BCUT2D eigenvalue weighted by Crippen LogP contribution is -2.03. The number of carbonyl (C=O) groups is 1. The molecule has 0 saturated carbocycles. The molecule has 0 fully saturated rings. The van der Waals surface area contributed by atoms with Crippen LogP contribution in [0.5, 0.6) is 0 Å². The quantitative estimate of drug-likeness (QED) is 0.777. The molecule has 4 nitrogen and oxygen atoms in total. The molecule has 0 aliphatic heterocycles. The van der Waals surface area contributed by atoms with E-state index in [0.29, 0.717) is 23.8 Å². The number of aromatic nitrogens is 1. The van der Waals surface area contributed by atoms with E-state index in [1.807, 2.05) is 13.8 Å². The van der Waals surface area contributed by atoms with Gasteiger partial charge in [-0.2, -0.15) is 0 Å².